The highest BCUT2D eigenvalue weighted by Gasteiger charge is 2.12. The number of carbonyl (C=O) groups excluding carboxylic acids is 1. The first-order valence-electron chi connectivity index (χ1n) is 7.78. The third-order valence-corrected chi connectivity index (χ3v) is 4.36. The number of thioether (sulfide) groups is 1. The SMILES string of the molecule is CCn1c(SCC(=O)NCCC(C)C)nc2ncccc2c1=O. The normalized spacial score (nSPS) is 11.1. The molecule has 0 unspecified atom stereocenters. The number of rotatable bonds is 7. The van der Waals surface area contributed by atoms with E-state index in [1.165, 1.54) is 11.8 Å². The minimum atomic E-state index is -0.117. The quantitative estimate of drug-likeness (QED) is 0.619. The van der Waals surface area contributed by atoms with E-state index in [-0.39, 0.29) is 17.2 Å². The van der Waals surface area contributed by atoms with Crippen LogP contribution in [0.4, 0.5) is 0 Å². The first-order valence-corrected chi connectivity index (χ1v) is 8.76. The molecule has 1 N–H and O–H groups in total. The molecule has 6 nitrogen and oxygen atoms in total. The largest absolute Gasteiger partial charge is 0.355 e. The van der Waals surface area contributed by atoms with Crippen LogP contribution < -0.4 is 10.9 Å². The lowest BCUT2D eigenvalue weighted by atomic mass is 10.1. The number of nitrogens with one attached hydrogen (secondary N) is 1. The van der Waals surface area contributed by atoms with Gasteiger partial charge >= 0.3 is 0 Å². The number of amides is 1. The van der Waals surface area contributed by atoms with Gasteiger partial charge in [0.05, 0.1) is 11.1 Å². The lowest BCUT2D eigenvalue weighted by molar-refractivity contribution is -0.118. The molecule has 0 saturated heterocycles. The van der Waals surface area contributed by atoms with Gasteiger partial charge in [0.2, 0.25) is 5.91 Å². The first kappa shape index (κ1) is 17.5. The van der Waals surface area contributed by atoms with Crippen LogP contribution in [0.15, 0.2) is 28.3 Å². The molecular weight excluding hydrogens is 312 g/mol. The maximum Gasteiger partial charge on any atom is 0.263 e. The van der Waals surface area contributed by atoms with E-state index in [2.05, 4.69) is 29.1 Å². The molecule has 0 bridgehead atoms. The fourth-order valence-electron chi connectivity index (χ4n) is 2.11. The van der Waals surface area contributed by atoms with E-state index < -0.39 is 0 Å². The van der Waals surface area contributed by atoms with E-state index in [9.17, 15) is 9.59 Å². The molecule has 2 aromatic rings. The van der Waals surface area contributed by atoms with Gasteiger partial charge in [-0.15, -0.1) is 0 Å². The van der Waals surface area contributed by atoms with Crippen LogP contribution >= 0.6 is 11.8 Å². The third-order valence-electron chi connectivity index (χ3n) is 3.39. The third kappa shape index (κ3) is 4.54. The van der Waals surface area contributed by atoms with Gasteiger partial charge in [0.1, 0.15) is 0 Å². The molecule has 0 fully saturated rings. The van der Waals surface area contributed by atoms with Crippen molar-refractivity contribution in [3.63, 3.8) is 0 Å². The van der Waals surface area contributed by atoms with Gasteiger partial charge in [-0.25, -0.2) is 9.97 Å². The zero-order valence-electron chi connectivity index (χ0n) is 13.7. The highest BCUT2D eigenvalue weighted by molar-refractivity contribution is 7.99. The Balaban J connectivity index is 2.10. The summed E-state index contributed by atoms with van der Waals surface area (Å²) < 4.78 is 1.58. The predicted octanol–water partition coefficient (Wildman–Crippen LogP) is 2.07. The summed E-state index contributed by atoms with van der Waals surface area (Å²) in [4.78, 5) is 32.9. The van der Waals surface area contributed by atoms with Crippen molar-refractivity contribution in [2.24, 2.45) is 5.92 Å². The molecule has 0 spiro atoms. The van der Waals surface area contributed by atoms with Crippen LogP contribution in [0.1, 0.15) is 27.2 Å². The van der Waals surface area contributed by atoms with E-state index in [1.54, 1.807) is 22.9 Å². The van der Waals surface area contributed by atoms with Crippen molar-refractivity contribution in [1.82, 2.24) is 19.9 Å². The monoisotopic (exact) mass is 334 g/mol. The smallest absolute Gasteiger partial charge is 0.263 e. The van der Waals surface area contributed by atoms with Crippen molar-refractivity contribution in [2.45, 2.75) is 38.9 Å². The Hall–Kier alpha value is -1.89. The summed E-state index contributed by atoms with van der Waals surface area (Å²) in [5.41, 5.74) is 0.304. The van der Waals surface area contributed by atoms with Crippen LogP contribution in [0.5, 0.6) is 0 Å². The van der Waals surface area contributed by atoms with Gasteiger partial charge in [-0.3, -0.25) is 14.2 Å². The summed E-state index contributed by atoms with van der Waals surface area (Å²) in [6.45, 7) is 7.30. The lowest BCUT2D eigenvalue weighted by Crippen LogP contribution is -2.28. The second kappa shape index (κ2) is 8.10. The van der Waals surface area contributed by atoms with Crippen molar-refractivity contribution >= 4 is 28.7 Å². The average molecular weight is 334 g/mol. The zero-order chi connectivity index (χ0) is 16.8. The van der Waals surface area contributed by atoms with Crippen LogP contribution in [0.2, 0.25) is 0 Å². The molecule has 0 aromatic carbocycles. The Morgan fingerprint density at radius 2 is 2.22 bits per heavy atom. The van der Waals surface area contributed by atoms with Crippen molar-refractivity contribution in [1.29, 1.82) is 0 Å². The van der Waals surface area contributed by atoms with Crippen molar-refractivity contribution in [2.75, 3.05) is 12.3 Å². The Morgan fingerprint density at radius 1 is 1.43 bits per heavy atom. The Labute approximate surface area is 139 Å². The van der Waals surface area contributed by atoms with E-state index in [4.69, 9.17) is 0 Å². The molecule has 1 amide bonds. The fourth-order valence-corrected chi connectivity index (χ4v) is 2.99. The van der Waals surface area contributed by atoms with Gasteiger partial charge < -0.3 is 5.32 Å². The summed E-state index contributed by atoms with van der Waals surface area (Å²) in [6.07, 6.45) is 2.56. The molecule has 2 aromatic heterocycles. The number of nitrogens with zero attached hydrogens (tertiary/aromatic N) is 3. The van der Waals surface area contributed by atoms with Crippen LogP contribution in [-0.2, 0) is 11.3 Å². The molecule has 0 aliphatic heterocycles. The summed E-state index contributed by atoms with van der Waals surface area (Å²) >= 11 is 1.27. The number of hydrogen-bond donors (Lipinski definition) is 1. The molecule has 0 atom stereocenters. The highest BCUT2D eigenvalue weighted by atomic mass is 32.2. The number of hydrogen-bond acceptors (Lipinski definition) is 5. The summed E-state index contributed by atoms with van der Waals surface area (Å²) in [7, 11) is 0. The van der Waals surface area contributed by atoms with E-state index >= 15 is 0 Å². The molecule has 2 heterocycles. The van der Waals surface area contributed by atoms with E-state index in [1.807, 2.05) is 6.92 Å². The lowest BCUT2D eigenvalue weighted by Gasteiger charge is -2.11. The Kier molecular flexibility index (Phi) is 6.15. The minimum Gasteiger partial charge on any atom is -0.355 e. The molecule has 0 saturated carbocycles. The zero-order valence-corrected chi connectivity index (χ0v) is 14.5. The molecule has 7 heteroatoms. The van der Waals surface area contributed by atoms with Gasteiger partial charge in [0.15, 0.2) is 10.8 Å². The topological polar surface area (TPSA) is 76.9 Å². The van der Waals surface area contributed by atoms with E-state index in [0.717, 1.165) is 6.42 Å². The van der Waals surface area contributed by atoms with Gasteiger partial charge in [-0.05, 0) is 31.4 Å². The van der Waals surface area contributed by atoms with E-state index in [0.29, 0.717) is 35.2 Å². The van der Waals surface area contributed by atoms with Crippen LogP contribution in [0, 0.1) is 5.92 Å². The number of fused-ring (bicyclic) bond motifs is 1. The van der Waals surface area contributed by atoms with Gasteiger partial charge in [0, 0.05) is 19.3 Å². The summed E-state index contributed by atoms with van der Waals surface area (Å²) in [6, 6.07) is 3.44. The van der Waals surface area contributed by atoms with Gasteiger partial charge in [0.25, 0.3) is 5.56 Å². The van der Waals surface area contributed by atoms with Gasteiger partial charge in [-0.1, -0.05) is 25.6 Å². The molecule has 0 aliphatic rings. The number of pyridine rings is 1. The number of aromatic nitrogens is 3. The second-order valence-corrected chi connectivity index (χ2v) is 6.58. The average Bonchev–Trinajstić information content (AvgIpc) is 2.53. The molecular formula is C16H22N4O2S. The summed E-state index contributed by atoms with van der Waals surface area (Å²) in [5, 5.41) is 3.91. The first-order chi connectivity index (χ1) is 11.0. The standard InChI is InChI=1S/C16H22N4O2S/c1-4-20-15(22)12-6-5-8-18-14(12)19-16(20)23-10-13(21)17-9-7-11(2)3/h5-6,8,11H,4,7,9-10H2,1-3H3,(H,17,21). The number of carbonyl (C=O) groups is 1. The van der Waals surface area contributed by atoms with Crippen molar-refractivity contribution < 1.29 is 4.79 Å². The molecule has 0 radical (unpaired) electrons. The molecule has 0 aliphatic carbocycles. The Morgan fingerprint density at radius 3 is 2.91 bits per heavy atom. The van der Waals surface area contributed by atoms with Crippen molar-refractivity contribution in [3.05, 3.63) is 28.7 Å². The van der Waals surface area contributed by atoms with Crippen LogP contribution in [0.3, 0.4) is 0 Å². The fraction of sp³-hybridized carbons (Fsp3) is 0.500. The highest BCUT2D eigenvalue weighted by Crippen LogP contribution is 2.16. The maximum atomic E-state index is 12.4. The summed E-state index contributed by atoms with van der Waals surface area (Å²) in [5.74, 6) is 0.748. The maximum absolute atomic E-state index is 12.4. The molecule has 23 heavy (non-hydrogen) atoms. The minimum absolute atomic E-state index is 0.0475. The molecule has 124 valence electrons. The molecule has 2 rings (SSSR count). The van der Waals surface area contributed by atoms with Crippen molar-refractivity contribution in [3.8, 4) is 0 Å². The van der Waals surface area contributed by atoms with Gasteiger partial charge in [-0.2, -0.15) is 0 Å². The second-order valence-electron chi connectivity index (χ2n) is 5.64. The Bertz CT molecular complexity index is 742. The van der Waals surface area contributed by atoms with Crippen LogP contribution in [-0.4, -0.2) is 32.7 Å². The van der Waals surface area contributed by atoms with Crippen LogP contribution in [0.25, 0.3) is 11.0 Å². The predicted molar refractivity (Wildman–Crippen MR) is 92.7 cm³/mol.